The third-order valence-electron chi connectivity index (χ3n) is 3.53. The molecule has 7 heteroatoms. The van der Waals surface area contributed by atoms with Gasteiger partial charge in [-0.05, 0) is 49.7 Å². The summed E-state index contributed by atoms with van der Waals surface area (Å²) in [5.74, 6) is -0.177. The van der Waals surface area contributed by atoms with Crippen LogP contribution in [0.15, 0.2) is 48.5 Å². The van der Waals surface area contributed by atoms with Gasteiger partial charge in [0.2, 0.25) is 5.91 Å². The maximum atomic E-state index is 12.0. The highest BCUT2D eigenvalue weighted by molar-refractivity contribution is 6.30. The summed E-state index contributed by atoms with van der Waals surface area (Å²) < 4.78 is 0. The molecular weight excluding hydrogens is 354 g/mol. The second-order valence-corrected chi connectivity index (χ2v) is 6.99. The predicted molar refractivity (Wildman–Crippen MR) is 104 cm³/mol. The van der Waals surface area contributed by atoms with Crippen molar-refractivity contribution in [3.05, 3.63) is 59.1 Å². The second-order valence-electron chi connectivity index (χ2n) is 6.55. The van der Waals surface area contributed by atoms with Gasteiger partial charge in [-0.3, -0.25) is 4.79 Å². The Morgan fingerprint density at radius 3 is 2.31 bits per heavy atom. The van der Waals surface area contributed by atoms with E-state index in [2.05, 4.69) is 16.0 Å². The smallest absolute Gasteiger partial charge is 0.323 e. The van der Waals surface area contributed by atoms with Gasteiger partial charge in [0.1, 0.15) is 0 Å². The molecule has 0 unspecified atom stereocenters. The molecule has 0 aliphatic rings. The molecule has 0 spiro atoms. The van der Waals surface area contributed by atoms with Crippen LogP contribution in [0.3, 0.4) is 0 Å². The topological polar surface area (TPSA) is 90.5 Å². The molecule has 2 rings (SSSR count). The molecule has 0 radical (unpaired) electrons. The number of aliphatic hydroxyl groups is 1. The summed E-state index contributed by atoms with van der Waals surface area (Å²) in [6.07, 6.45) is 0.193. The number of nitrogens with one attached hydrogen (secondary N) is 3. The zero-order chi connectivity index (χ0) is 19.2. The summed E-state index contributed by atoms with van der Waals surface area (Å²) in [4.78, 5) is 24.0. The molecule has 4 N–H and O–H groups in total. The molecule has 26 heavy (non-hydrogen) atoms. The van der Waals surface area contributed by atoms with Crippen molar-refractivity contribution in [2.24, 2.45) is 0 Å². The summed E-state index contributed by atoms with van der Waals surface area (Å²) in [5.41, 5.74) is 1.34. The Hall–Kier alpha value is -2.57. The first-order valence-electron chi connectivity index (χ1n) is 8.12. The number of benzene rings is 2. The van der Waals surface area contributed by atoms with Crippen molar-refractivity contribution in [1.29, 1.82) is 0 Å². The molecule has 0 aromatic heterocycles. The van der Waals surface area contributed by atoms with Crippen LogP contribution in [-0.2, 0) is 11.2 Å². The number of anilines is 2. The number of amides is 3. The quantitative estimate of drug-likeness (QED) is 0.623. The number of hydrogen-bond donors (Lipinski definition) is 4. The van der Waals surface area contributed by atoms with Gasteiger partial charge in [0.15, 0.2) is 0 Å². The van der Waals surface area contributed by atoms with Gasteiger partial charge < -0.3 is 21.1 Å². The number of urea groups is 1. The van der Waals surface area contributed by atoms with E-state index in [0.29, 0.717) is 16.4 Å². The van der Waals surface area contributed by atoms with E-state index < -0.39 is 5.54 Å². The van der Waals surface area contributed by atoms with Crippen molar-refractivity contribution in [2.45, 2.75) is 25.8 Å². The first kappa shape index (κ1) is 19.8. The molecule has 2 aromatic carbocycles. The van der Waals surface area contributed by atoms with Gasteiger partial charge in [-0.15, -0.1) is 0 Å². The van der Waals surface area contributed by atoms with Crippen molar-refractivity contribution in [3.63, 3.8) is 0 Å². The second kappa shape index (κ2) is 8.69. The van der Waals surface area contributed by atoms with Crippen molar-refractivity contribution in [2.75, 3.05) is 17.2 Å². The van der Waals surface area contributed by atoms with E-state index in [-0.39, 0.29) is 25.0 Å². The molecule has 0 aliphatic carbocycles. The Labute approximate surface area is 157 Å². The van der Waals surface area contributed by atoms with E-state index >= 15 is 0 Å². The Kier molecular flexibility index (Phi) is 6.60. The van der Waals surface area contributed by atoms with Crippen molar-refractivity contribution in [1.82, 2.24) is 5.32 Å². The van der Waals surface area contributed by atoms with E-state index in [4.69, 9.17) is 11.6 Å². The van der Waals surface area contributed by atoms with Crippen molar-refractivity contribution >= 4 is 34.9 Å². The molecule has 0 saturated heterocycles. The third kappa shape index (κ3) is 6.38. The minimum Gasteiger partial charge on any atom is -0.394 e. The molecule has 3 amide bonds. The Bertz CT molecular complexity index is 776. The molecule has 6 nitrogen and oxygen atoms in total. The van der Waals surface area contributed by atoms with Gasteiger partial charge in [-0.1, -0.05) is 29.8 Å². The van der Waals surface area contributed by atoms with Crippen LogP contribution >= 0.6 is 11.6 Å². The molecule has 0 bridgehead atoms. The van der Waals surface area contributed by atoms with Gasteiger partial charge in [-0.2, -0.15) is 0 Å². The van der Waals surface area contributed by atoms with Crippen LogP contribution < -0.4 is 16.0 Å². The first-order valence-corrected chi connectivity index (χ1v) is 8.49. The summed E-state index contributed by atoms with van der Waals surface area (Å²) in [6.45, 7) is 3.36. The van der Waals surface area contributed by atoms with Crippen LogP contribution in [0.5, 0.6) is 0 Å². The molecule has 0 aliphatic heterocycles. The SMILES string of the molecule is CC(C)(CO)NC(=O)Cc1ccc(NC(=O)Nc2cccc(Cl)c2)cc1. The lowest BCUT2D eigenvalue weighted by Gasteiger charge is -2.23. The van der Waals surface area contributed by atoms with Gasteiger partial charge in [0, 0.05) is 16.4 Å². The summed E-state index contributed by atoms with van der Waals surface area (Å²) in [7, 11) is 0. The zero-order valence-corrected chi connectivity index (χ0v) is 15.4. The van der Waals surface area contributed by atoms with Crippen molar-refractivity contribution < 1.29 is 14.7 Å². The average molecular weight is 376 g/mol. The van der Waals surface area contributed by atoms with Crippen LogP contribution in [0, 0.1) is 0 Å². The van der Waals surface area contributed by atoms with E-state index in [1.807, 2.05) is 0 Å². The number of halogens is 1. The minimum atomic E-state index is -0.656. The molecule has 0 atom stereocenters. The summed E-state index contributed by atoms with van der Waals surface area (Å²) in [6, 6.07) is 13.4. The van der Waals surface area contributed by atoms with E-state index in [1.54, 1.807) is 62.4 Å². The first-order chi connectivity index (χ1) is 12.3. The van der Waals surface area contributed by atoms with Crippen LogP contribution in [0.1, 0.15) is 19.4 Å². The number of rotatable bonds is 6. The Morgan fingerprint density at radius 2 is 1.69 bits per heavy atom. The standard InChI is InChI=1S/C19H22ClN3O3/c1-19(2,12-24)23-17(25)10-13-6-8-15(9-7-13)21-18(26)22-16-5-3-4-14(20)11-16/h3-9,11,24H,10,12H2,1-2H3,(H,23,25)(H2,21,22,26). The highest BCUT2D eigenvalue weighted by Crippen LogP contribution is 2.16. The molecule has 2 aromatic rings. The third-order valence-corrected chi connectivity index (χ3v) is 3.77. The molecule has 0 heterocycles. The minimum absolute atomic E-state index is 0.136. The Morgan fingerprint density at radius 1 is 1.04 bits per heavy atom. The maximum Gasteiger partial charge on any atom is 0.323 e. The van der Waals surface area contributed by atoms with E-state index in [0.717, 1.165) is 5.56 Å². The van der Waals surface area contributed by atoms with Crippen LogP contribution in [-0.4, -0.2) is 29.2 Å². The molecule has 0 saturated carbocycles. The van der Waals surface area contributed by atoms with E-state index in [1.165, 1.54) is 0 Å². The maximum absolute atomic E-state index is 12.0. The highest BCUT2D eigenvalue weighted by atomic mass is 35.5. The predicted octanol–water partition coefficient (Wildman–Crippen LogP) is 3.41. The molecular formula is C19H22ClN3O3. The fourth-order valence-corrected chi connectivity index (χ4v) is 2.40. The fraction of sp³-hybridized carbons (Fsp3) is 0.263. The number of carbonyl (C=O) groups excluding carboxylic acids is 2. The van der Waals surface area contributed by atoms with Gasteiger partial charge >= 0.3 is 6.03 Å². The average Bonchev–Trinajstić information content (AvgIpc) is 2.56. The lowest BCUT2D eigenvalue weighted by molar-refractivity contribution is -0.122. The van der Waals surface area contributed by atoms with Crippen LogP contribution in [0.4, 0.5) is 16.2 Å². The number of hydrogen-bond acceptors (Lipinski definition) is 3. The number of aliphatic hydroxyl groups excluding tert-OH is 1. The largest absolute Gasteiger partial charge is 0.394 e. The monoisotopic (exact) mass is 375 g/mol. The summed E-state index contributed by atoms with van der Waals surface area (Å²) >= 11 is 5.88. The lowest BCUT2D eigenvalue weighted by atomic mass is 10.1. The normalized spacial score (nSPS) is 10.9. The van der Waals surface area contributed by atoms with E-state index in [9.17, 15) is 14.7 Å². The number of carbonyl (C=O) groups is 2. The van der Waals surface area contributed by atoms with Crippen molar-refractivity contribution in [3.8, 4) is 0 Å². The highest BCUT2D eigenvalue weighted by Gasteiger charge is 2.18. The zero-order valence-electron chi connectivity index (χ0n) is 14.7. The molecule has 138 valence electrons. The van der Waals surface area contributed by atoms with Gasteiger partial charge in [-0.25, -0.2) is 4.79 Å². The molecule has 0 fully saturated rings. The summed E-state index contributed by atoms with van der Waals surface area (Å²) in [5, 5.41) is 17.9. The van der Waals surface area contributed by atoms with Gasteiger partial charge in [0.05, 0.1) is 18.6 Å². The van der Waals surface area contributed by atoms with Crippen LogP contribution in [0.25, 0.3) is 0 Å². The Balaban J connectivity index is 1.88. The van der Waals surface area contributed by atoms with Crippen LogP contribution in [0.2, 0.25) is 5.02 Å². The lowest BCUT2D eigenvalue weighted by Crippen LogP contribution is -2.46. The van der Waals surface area contributed by atoms with Gasteiger partial charge in [0.25, 0.3) is 0 Å². The fourth-order valence-electron chi connectivity index (χ4n) is 2.21.